The zero-order valence-electron chi connectivity index (χ0n) is 13.5. The van der Waals surface area contributed by atoms with Crippen LogP contribution in [0, 0.1) is 0 Å². The summed E-state index contributed by atoms with van der Waals surface area (Å²) < 4.78 is 34.4. The summed E-state index contributed by atoms with van der Waals surface area (Å²) in [5.41, 5.74) is 0. The van der Waals surface area contributed by atoms with Crippen molar-refractivity contribution in [1.29, 1.82) is 0 Å². The highest BCUT2D eigenvalue weighted by Gasteiger charge is 2.45. The van der Waals surface area contributed by atoms with Gasteiger partial charge in [-0.25, -0.2) is 8.42 Å². The minimum absolute atomic E-state index is 0.0150. The summed E-state index contributed by atoms with van der Waals surface area (Å²) in [5, 5.41) is 0. The molecule has 2 aliphatic rings. The largest absolute Gasteiger partial charge is 0.374 e. The first-order valence-corrected chi connectivity index (χ1v) is 9.69. The van der Waals surface area contributed by atoms with Crippen molar-refractivity contribution in [3.8, 4) is 0 Å². The van der Waals surface area contributed by atoms with Gasteiger partial charge in [0.1, 0.15) is 11.9 Å². The van der Waals surface area contributed by atoms with Crippen molar-refractivity contribution >= 4 is 15.7 Å². The molecule has 128 valence electrons. The number of hydrogen-bond acceptors (Lipinski definition) is 6. The molecule has 0 unspecified atom stereocenters. The highest BCUT2D eigenvalue weighted by atomic mass is 32.2. The van der Waals surface area contributed by atoms with Crippen molar-refractivity contribution in [1.82, 2.24) is 9.80 Å². The van der Waals surface area contributed by atoms with E-state index in [2.05, 4.69) is 4.90 Å². The zero-order valence-corrected chi connectivity index (χ0v) is 14.3. The molecule has 0 spiro atoms. The van der Waals surface area contributed by atoms with Gasteiger partial charge in [-0.3, -0.25) is 4.79 Å². The van der Waals surface area contributed by atoms with Gasteiger partial charge < -0.3 is 19.3 Å². The molecule has 1 saturated carbocycles. The fourth-order valence-electron chi connectivity index (χ4n) is 3.10. The van der Waals surface area contributed by atoms with Crippen molar-refractivity contribution in [3.05, 3.63) is 0 Å². The van der Waals surface area contributed by atoms with Crippen LogP contribution in [0.2, 0.25) is 0 Å². The van der Waals surface area contributed by atoms with Gasteiger partial charge in [0.25, 0.3) is 0 Å². The third-order valence-corrected chi connectivity index (χ3v) is 4.88. The fraction of sp³-hybridized carbons (Fsp3) is 0.929. The molecule has 0 aromatic heterocycles. The van der Waals surface area contributed by atoms with Crippen molar-refractivity contribution in [3.63, 3.8) is 0 Å². The van der Waals surface area contributed by atoms with Gasteiger partial charge in [0, 0.05) is 19.3 Å². The van der Waals surface area contributed by atoms with E-state index in [1.54, 1.807) is 4.90 Å². The van der Waals surface area contributed by atoms with E-state index in [4.69, 9.17) is 9.47 Å². The lowest BCUT2D eigenvalue weighted by atomic mass is 10.1. The number of morpholine rings is 1. The molecule has 2 rings (SSSR count). The van der Waals surface area contributed by atoms with Crippen LogP contribution in [0.4, 0.5) is 0 Å². The summed E-state index contributed by atoms with van der Waals surface area (Å²) in [7, 11) is 0.672. The second kappa shape index (κ2) is 7.25. The lowest BCUT2D eigenvalue weighted by molar-refractivity contribution is -0.149. The predicted octanol–water partition coefficient (Wildman–Crippen LogP) is -0.632. The van der Waals surface area contributed by atoms with Crippen LogP contribution in [-0.4, -0.2) is 94.8 Å². The van der Waals surface area contributed by atoms with Gasteiger partial charge in [0.2, 0.25) is 5.91 Å². The lowest BCUT2D eigenvalue weighted by Gasteiger charge is -2.39. The third-order valence-electron chi connectivity index (χ3n) is 4.11. The first-order chi connectivity index (χ1) is 10.3. The monoisotopic (exact) mass is 334 g/mol. The number of carbonyl (C=O) groups excluding carboxylic acids is 1. The summed E-state index contributed by atoms with van der Waals surface area (Å²) in [6, 6.07) is -0.0626. The average Bonchev–Trinajstić information content (AvgIpc) is 2.79. The molecule has 0 bridgehead atoms. The van der Waals surface area contributed by atoms with Gasteiger partial charge in [-0.05, 0) is 26.9 Å². The standard InChI is InChI=1S/C14H26N2O5S/c1-15(2)6-8-20-12-5-4-11-14(12)21-9-7-16(11)13(17)10-22(3,18)19/h11-12,14H,4-10H2,1-3H3/t11-,12+,14+/m0/s1. The van der Waals surface area contributed by atoms with Gasteiger partial charge in [-0.2, -0.15) is 0 Å². The van der Waals surface area contributed by atoms with Crippen molar-refractivity contribution in [2.45, 2.75) is 31.1 Å². The van der Waals surface area contributed by atoms with Gasteiger partial charge in [0.15, 0.2) is 9.84 Å². The smallest absolute Gasteiger partial charge is 0.238 e. The Labute approximate surface area is 132 Å². The van der Waals surface area contributed by atoms with E-state index in [1.807, 2.05) is 14.1 Å². The molecule has 1 amide bonds. The number of carbonyl (C=O) groups is 1. The van der Waals surface area contributed by atoms with Crippen molar-refractivity contribution in [2.75, 3.05) is 52.4 Å². The van der Waals surface area contributed by atoms with Crippen LogP contribution in [0.1, 0.15) is 12.8 Å². The molecular weight excluding hydrogens is 308 g/mol. The molecule has 0 aromatic rings. The number of rotatable bonds is 6. The highest BCUT2D eigenvalue weighted by molar-refractivity contribution is 7.91. The molecule has 3 atom stereocenters. The van der Waals surface area contributed by atoms with Crippen LogP contribution < -0.4 is 0 Å². The molecule has 2 fully saturated rings. The molecule has 0 N–H and O–H groups in total. The van der Waals surface area contributed by atoms with E-state index in [0.717, 1.165) is 25.6 Å². The molecular formula is C14H26N2O5S. The normalized spacial score (nSPS) is 28.9. The van der Waals surface area contributed by atoms with E-state index in [9.17, 15) is 13.2 Å². The van der Waals surface area contributed by atoms with E-state index >= 15 is 0 Å². The van der Waals surface area contributed by atoms with Crippen LogP contribution in [0.15, 0.2) is 0 Å². The van der Waals surface area contributed by atoms with E-state index in [-0.39, 0.29) is 24.2 Å². The number of fused-ring (bicyclic) bond motifs is 1. The second-order valence-corrected chi connectivity index (χ2v) is 8.49. The number of sulfone groups is 1. The number of hydrogen-bond donors (Lipinski definition) is 0. The summed E-state index contributed by atoms with van der Waals surface area (Å²) >= 11 is 0. The molecule has 22 heavy (non-hydrogen) atoms. The van der Waals surface area contributed by atoms with Crippen LogP contribution in [-0.2, 0) is 24.1 Å². The van der Waals surface area contributed by atoms with Crippen molar-refractivity contribution in [2.24, 2.45) is 0 Å². The first kappa shape index (κ1) is 17.7. The summed E-state index contributed by atoms with van der Waals surface area (Å²) in [5.74, 6) is -0.753. The maximum Gasteiger partial charge on any atom is 0.238 e. The van der Waals surface area contributed by atoms with Crippen LogP contribution in [0.3, 0.4) is 0 Å². The Hall–Kier alpha value is -0.700. The Kier molecular flexibility index (Phi) is 5.81. The maximum absolute atomic E-state index is 12.2. The molecule has 0 aromatic carbocycles. The van der Waals surface area contributed by atoms with Crippen molar-refractivity contribution < 1.29 is 22.7 Å². The number of likely N-dealkylation sites (N-methyl/N-ethyl adjacent to an activating group) is 1. The molecule has 8 heteroatoms. The van der Waals surface area contributed by atoms with Crippen LogP contribution in [0.5, 0.6) is 0 Å². The zero-order chi connectivity index (χ0) is 16.3. The first-order valence-electron chi connectivity index (χ1n) is 7.63. The number of amides is 1. The summed E-state index contributed by atoms with van der Waals surface area (Å²) in [4.78, 5) is 15.9. The summed E-state index contributed by atoms with van der Waals surface area (Å²) in [6.45, 7) is 2.36. The molecule has 1 saturated heterocycles. The topological polar surface area (TPSA) is 76.2 Å². The number of nitrogens with zero attached hydrogens (tertiary/aromatic N) is 2. The highest BCUT2D eigenvalue weighted by Crippen LogP contribution is 2.32. The maximum atomic E-state index is 12.2. The molecule has 0 radical (unpaired) electrons. The minimum Gasteiger partial charge on any atom is -0.374 e. The van der Waals surface area contributed by atoms with Gasteiger partial charge in [-0.15, -0.1) is 0 Å². The minimum atomic E-state index is -3.31. The average molecular weight is 334 g/mol. The SMILES string of the molecule is CN(C)CCO[C@@H]1CC[C@H]2[C@H]1OCCN2C(=O)CS(C)(=O)=O. The third kappa shape index (κ3) is 4.65. The molecule has 1 heterocycles. The van der Waals surface area contributed by atoms with Crippen LogP contribution in [0.25, 0.3) is 0 Å². The Balaban J connectivity index is 1.94. The lowest BCUT2D eigenvalue weighted by Crippen LogP contribution is -2.55. The molecule has 1 aliphatic heterocycles. The van der Waals surface area contributed by atoms with E-state index in [0.29, 0.717) is 19.8 Å². The number of ether oxygens (including phenoxy) is 2. The Morgan fingerprint density at radius 2 is 2.09 bits per heavy atom. The van der Waals surface area contributed by atoms with E-state index < -0.39 is 15.6 Å². The van der Waals surface area contributed by atoms with Gasteiger partial charge >= 0.3 is 0 Å². The summed E-state index contributed by atoms with van der Waals surface area (Å²) in [6.07, 6.45) is 2.57. The molecule has 1 aliphatic carbocycles. The van der Waals surface area contributed by atoms with Gasteiger partial charge in [0.05, 0.1) is 25.4 Å². The van der Waals surface area contributed by atoms with Gasteiger partial charge in [-0.1, -0.05) is 0 Å². The predicted molar refractivity (Wildman–Crippen MR) is 82.5 cm³/mol. The Bertz CT molecular complexity index is 493. The second-order valence-electron chi connectivity index (χ2n) is 6.35. The van der Waals surface area contributed by atoms with E-state index in [1.165, 1.54) is 0 Å². The fourth-order valence-corrected chi connectivity index (χ4v) is 3.71. The Morgan fingerprint density at radius 3 is 2.73 bits per heavy atom. The molecule has 7 nitrogen and oxygen atoms in total. The van der Waals surface area contributed by atoms with Crippen LogP contribution >= 0.6 is 0 Å². The Morgan fingerprint density at radius 1 is 1.36 bits per heavy atom. The quantitative estimate of drug-likeness (QED) is 0.644.